The summed E-state index contributed by atoms with van der Waals surface area (Å²) in [5.74, 6) is 1.09. The number of aromatic amines is 1. The van der Waals surface area contributed by atoms with Crippen molar-refractivity contribution in [1.29, 1.82) is 0 Å². The van der Waals surface area contributed by atoms with Crippen molar-refractivity contribution in [2.24, 2.45) is 0 Å². The van der Waals surface area contributed by atoms with Crippen molar-refractivity contribution in [2.75, 3.05) is 20.8 Å². The minimum Gasteiger partial charge on any atom is -0.493 e. The van der Waals surface area contributed by atoms with Gasteiger partial charge in [0.15, 0.2) is 11.5 Å². The molecule has 0 unspecified atom stereocenters. The molecule has 0 saturated heterocycles. The minimum atomic E-state index is -0.237. The lowest BCUT2D eigenvalue weighted by Crippen LogP contribution is -2.26. The van der Waals surface area contributed by atoms with Crippen LogP contribution in [0.15, 0.2) is 42.5 Å². The molecule has 0 fully saturated rings. The van der Waals surface area contributed by atoms with Crippen molar-refractivity contribution in [2.45, 2.75) is 6.42 Å². The Kier molecular flexibility index (Phi) is 6.44. The zero-order valence-electron chi connectivity index (χ0n) is 15.4. The van der Waals surface area contributed by atoms with Crippen molar-refractivity contribution in [3.05, 3.63) is 63.8 Å². The number of halogens is 2. The molecule has 2 aromatic carbocycles. The lowest BCUT2D eigenvalue weighted by atomic mass is 10.1. The average molecular weight is 420 g/mol. The molecule has 0 spiro atoms. The van der Waals surface area contributed by atoms with E-state index in [0.29, 0.717) is 45.9 Å². The molecule has 0 radical (unpaired) electrons. The summed E-state index contributed by atoms with van der Waals surface area (Å²) in [4.78, 5) is 12.3. The Morgan fingerprint density at radius 3 is 2.54 bits per heavy atom. The summed E-state index contributed by atoms with van der Waals surface area (Å²) in [5, 5.41) is 10.7. The number of amides is 1. The Morgan fingerprint density at radius 2 is 1.82 bits per heavy atom. The van der Waals surface area contributed by atoms with Crippen LogP contribution in [0.5, 0.6) is 11.5 Å². The predicted octanol–water partition coefficient (Wildman–Crippen LogP) is 4.37. The number of H-pyrrole nitrogens is 1. The normalized spacial score (nSPS) is 10.6. The van der Waals surface area contributed by atoms with E-state index in [1.807, 2.05) is 18.2 Å². The van der Waals surface area contributed by atoms with Gasteiger partial charge in [-0.1, -0.05) is 35.3 Å². The van der Waals surface area contributed by atoms with Crippen molar-refractivity contribution in [1.82, 2.24) is 15.5 Å². The van der Waals surface area contributed by atoms with Crippen molar-refractivity contribution < 1.29 is 14.3 Å². The van der Waals surface area contributed by atoms with Crippen LogP contribution in [0.25, 0.3) is 11.3 Å². The first kappa shape index (κ1) is 20.0. The average Bonchev–Trinajstić information content (AvgIpc) is 3.20. The zero-order chi connectivity index (χ0) is 20.1. The van der Waals surface area contributed by atoms with Gasteiger partial charge in [0.25, 0.3) is 5.91 Å². The number of aromatic nitrogens is 2. The second-order valence-corrected chi connectivity index (χ2v) is 6.81. The van der Waals surface area contributed by atoms with E-state index in [0.717, 1.165) is 11.1 Å². The van der Waals surface area contributed by atoms with Gasteiger partial charge in [0.05, 0.1) is 30.0 Å². The van der Waals surface area contributed by atoms with Gasteiger partial charge < -0.3 is 14.8 Å². The Labute approximate surface area is 172 Å². The van der Waals surface area contributed by atoms with Gasteiger partial charge in [-0.3, -0.25) is 9.89 Å². The Morgan fingerprint density at radius 1 is 1.04 bits per heavy atom. The maximum atomic E-state index is 12.3. The molecule has 1 heterocycles. The fourth-order valence-corrected chi connectivity index (χ4v) is 2.99. The third-order valence-electron chi connectivity index (χ3n) is 4.19. The molecule has 146 valence electrons. The van der Waals surface area contributed by atoms with E-state index in [-0.39, 0.29) is 5.91 Å². The van der Waals surface area contributed by atoms with E-state index < -0.39 is 0 Å². The lowest BCUT2D eigenvalue weighted by Gasteiger charge is -2.09. The molecule has 0 aliphatic heterocycles. The van der Waals surface area contributed by atoms with Gasteiger partial charge in [-0.25, -0.2) is 0 Å². The number of hydrogen-bond acceptors (Lipinski definition) is 4. The van der Waals surface area contributed by atoms with Crippen molar-refractivity contribution >= 4 is 29.1 Å². The van der Waals surface area contributed by atoms with E-state index in [9.17, 15) is 4.79 Å². The second-order valence-electron chi connectivity index (χ2n) is 5.99. The molecular formula is C20H19Cl2N3O3. The molecular weight excluding hydrogens is 401 g/mol. The first-order chi connectivity index (χ1) is 13.5. The number of carbonyl (C=O) groups is 1. The molecule has 8 heteroatoms. The van der Waals surface area contributed by atoms with Crippen LogP contribution in [0.4, 0.5) is 0 Å². The third kappa shape index (κ3) is 4.58. The first-order valence-electron chi connectivity index (χ1n) is 8.51. The molecule has 3 rings (SSSR count). The standard InChI is InChI=1S/C20H19Cl2N3O3/c1-27-18-6-3-12(9-19(18)28-2)7-8-23-20(26)17-11-16(24-25-17)13-4-5-14(21)15(22)10-13/h3-6,9-11H,7-8H2,1-2H3,(H,23,26)(H,24,25). The van der Waals surface area contributed by atoms with E-state index in [1.165, 1.54) is 0 Å². The monoisotopic (exact) mass is 419 g/mol. The summed E-state index contributed by atoms with van der Waals surface area (Å²) < 4.78 is 10.5. The predicted molar refractivity (Wildman–Crippen MR) is 110 cm³/mol. The SMILES string of the molecule is COc1ccc(CCNC(=O)c2cc(-c3ccc(Cl)c(Cl)c3)n[nH]2)cc1OC. The Balaban J connectivity index is 1.60. The summed E-state index contributed by atoms with van der Waals surface area (Å²) in [7, 11) is 3.18. The van der Waals surface area contributed by atoms with E-state index in [2.05, 4.69) is 15.5 Å². The van der Waals surface area contributed by atoms with Gasteiger partial charge in [0.1, 0.15) is 5.69 Å². The van der Waals surface area contributed by atoms with Gasteiger partial charge in [-0.15, -0.1) is 0 Å². The molecule has 1 amide bonds. The maximum Gasteiger partial charge on any atom is 0.269 e. The van der Waals surface area contributed by atoms with E-state index in [1.54, 1.807) is 38.5 Å². The van der Waals surface area contributed by atoms with Crippen LogP contribution in [0, 0.1) is 0 Å². The molecule has 0 bridgehead atoms. The molecule has 0 atom stereocenters. The van der Waals surface area contributed by atoms with Crippen molar-refractivity contribution in [3.63, 3.8) is 0 Å². The maximum absolute atomic E-state index is 12.3. The molecule has 1 aromatic heterocycles. The lowest BCUT2D eigenvalue weighted by molar-refractivity contribution is 0.0949. The van der Waals surface area contributed by atoms with Crippen molar-refractivity contribution in [3.8, 4) is 22.8 Å². The molecule has 3 aromatic rings. The third-order valence-corrected chi connectivity index (χ3v) is 4.92. The Bertz CT molecular complexity index is 989. The van der Waals surface area contributed by atoms with Gasteiger partial charge in [-0.2, -0.15) is 5.10 Å². The number of benzene rings is 2. The molecule has 0 aliphatic rings. The number of rotatable bonds is 7. The summed E-state index contributed by atoms with van der Waals surface area (Å²) in [6, 6.07) is 12.5. The minimum absolute atomic E-state index is 0.237. The summed E-state index contributed by atoms with van der Waals surface area (Å²) in [6.07, 6.45) is 0.653. The number of hydrogen-bond donors (Lipinski definition) is 2. The molecule has 2 N–H and O–H groups in total. The van der Waals surface area contributed by atoms with Gasteiger partial charge in [0, 0.05) is 12.1 Å². The number of methoxy groups -OCH3 is 2. The molecule has 6 nitrogen and oxygen atoms in total. The van der Waals surface area contributed by atoms with Crippen LogP contribution >= 0.6 is 23.2 Å². The zero-order valence-corrected chi connectivity index (χ0v) is 16.9. The van der Waals surface area contributed by atoms with Crippen LogP contribution in [0.1, 0.15) is 16.1 Å². The summed E-state index contributed by atoms with van der Waals surface area (Å²) in [6.45, 7) is 0.468. The highest BCUT2D eigenvalue weighted by atomic mass is 35.5. The summed E-state index contributed by atoms with van der Waals surface area (Å²) >= 11 is 12.0. The number of ether oxygens (including phenoxy) is 2. The van der Waals surface area contributed by atoms with Crippen LogP contribution in [-0.4, -0.2) is 36.9 Å². The Hall–Kier alpha value is -2.70. The smallest absolute Gasteiger partial charge is 0.269 e. The highest BCUT2D eigenvalue weighted by Gasteiger charge is 2.12. The number of carbonyl (C=O) groups excluding carboxylic acids is 1. The van der Waals surface area contributed by atoms with E-state index in [4.69, 9.17) is 32.7 Å². The topological polar surface area (TPSA) is 76.2 Å². The molecule has 0 saturated carbocycles. The quantitative estimate of drug-likeness (QED) is 0.595. The van der Waals surface area contributed by atoms with Crippen LogP contribution in [0.3, 0.4) is 0 Å². The van der Waals surface area contributed by atoms with Gasteiger partial charge >= 0.3 is 0 Å². The van der Waals surface area contributed by atoms with Crippen LogP contribution in [-0.2, 0) is 6.42 Å². The molecule has 28 heavy (non-hydrogen) atoms. The second kappa shape index (κ2) is 8.99. The highest BCUT2D eigenvalue weighted by Crippen LogP contribution is 2.28. The molecule has 0 aliphatic carbocycles. The largest absolute Gasteiger partial charge is 0.493 e. The van der Waals surface area contributed by atoms with Crippen LogP contribution in [0.2, 0.25) is 10.0 Å². The first-order valence-corrected chi connectivity index (χ1v) is 9.27. The van der Waals surface area contributed by atoms with E-state index >= 15 is 0 Å². The summed E-state index contributed by atoms with van der Waals surface area (Å²) in [5.41, 5.74) is 2.78. The fraction of sp³-hybridized carbons (Fsp3) is 0.200. The number of nitrogens with zero attached hydrogens (tertiary/aromatic N) is 1. The van der Waals surface area contributed by atoms with Crippen LogP contribution < -0.4 is 14.8 Å². The number of nitrogens with one attached hydrogen (secondary N) is 2. The van der Waals surface area contributed by atoms with Gasteiger partial charge in [-0.05, 0) is 42.3 Å². The highest BCUT2D eigenvalue weighted by molar-refractivity contribution is 6.42. The fourth-order valence-electron chi connectivity index (χ4n) is 2.69. The van der Waals surface area contributed by atoms with Gasteiger partial charge in [0.2, 0.25) is 0 Å².